The van der Waals surface area contributed by atoms with Crippen molar-refractivity contribution in [3.05, 3.63) is 41.1 Å². The topological polar surface area (TPSA) is 24.4 Å². The average molecular weight is 270 g/mol. The number of hydrogen-bond acceptors (Lipinski definition) is 2. The van der Waals surface area contributed by atoms with Crippen molar-refractivity contribution >= 4 is 11.4 Å². The first kappa shape index (κ1) is 14.8. The molecule has 0 atom stereocenters. The van der Waals surface area contributed by atoms with Crippen molar-refractivity contribution in [3.63, 3.8) is 0 Å². The Morgan fingerprint density at radius 3 is 2.65 bits per heavy atom. The van der Waals surface area contributed by atoms with Gasteiger partial charge in [-0.1, -0.05) is 37.6 Å². The van der Waals surface area contributed by atoms with E-state index < -0.39 is 0 Å². The molecule has 1 aliphatic rings. The van der Waals surface area contributed by atoms with E-state index in [0.29, 0.717) is 0 Å². The van der Waals surface area contributed by atoms with Gasteiger partial charge in [-0.05, 0) is 50.7 Å². The standard InChI is InChI=1S/C18H26N2/c1-4-5-13-19-16-11-6-7-12-17(16)20-18-14(2)9-8-10-15(18)3/h8-10,12,20H,4-7,11,13H2,1-3H3/b19-16+. The lowest BCUT2D eigenvalue weighted by Crippen LogP contribution is -2.16. The van der Waals surface area contributed by atoms with Crippen molar-refractivity contribution in [2.75, 3.05) is 11.9 Å². The van der Waals surface area contributed by atoms with Crippen molar-refractivity contribution in [3.8, 4) is 0 Å². The molecule has 2 nitrogen and oxygen atoms in total. The van der Waals surface area contributed by atoms with Gasteiger partial charge in [0.2, 0.25) is 0 Å². The first-order valence-corrected chi connectivity index (χ1v) is 7.79. The molecule has 2 rings (SSSR count). The average Bonchev–Trinajstić information content (AvgIpc) is 2.45. The van der Waals surface area contributed by atoms with Gasteiger partial charge in [-0.3, -0.25) is 4.99 Å². The molecule has 0 saturated heterocycles. The van der Waals surface area contributed by atoms with Crippen LogP contribution in [-0.4, -0.2) is 12.3 Å². The Morgan fingerprint density at radius 1 is 1.20 bits per heavy atom. The number of benzene rings is 1. The van der Waals surface area contributed by atoms with Crippen LogP contribution in [0, 0.1) is 13.8 Å². The van der Waals surface area contributed by atoms with E-state index in [9.17, 15) is 0 Å². The minimum Gasteiger partial charge on any atom is -0.354 e. The second-order valence-corrected chi connectivity index (χ2v) is 5.58. The Bertz CT molecular complexity index is 492. The third kappa shape index (κ3) is 3.72. The summed E-state index contributed by atoms with van der Waals surface area (Å²) in [4.78, 5) is 4.80. The van der Waals surface area contributed by atoms with E-state index in [1.807, 2.05) is 0 Å². The quantitative estimate of drug-likeness (QED) is 0.746. The normalized spacial score (nSPS) is 17.1. The summed E-state index contributed by atoms with van der Waals surface area (Å²) in [6, 6.07) is 6.43. The van der Waals surface area contributed by atoms with Crippen molar-refractivity contribution in [1.29, 1.82) is 0 Å². The highest BCUT2D eigenvalue weighted by Gasteiger charge is 2.13. The molecular formula is C18H26N2. The lowest BCUT2D eigenvalue weighted by molar-refractivity contribution is 0.795. The molecule has 108 valence electrons. The van der Waals surface area contributed by atoms with Crippen molar-refractivity contribution < 1.29 is 0 Å². The van der Waals surface area contributed by atoms with Gasteiger partial charge in [0.05, 0.1) is 11.4 Å². The van der Waals surface area contributed by atoms with Gasteiger partial charge in [-0.15, -0.1) is 0 Å². The van der Waals surface area contributed by atoms with E-state index in [-0.39, 0.29) is 0 Å². The molecule has 0 bridgehead atoms. The maximum atomic E-state index is 4.80. The number of allylic oxidation sites excluding steroid dienone is 2. The molecule has 1 aliphatic carbocycles. The fourth-order valence-corrected chi connectivity index (χ4v) is 2.57. The smallest absolute Gasteiger partial charge is 0.0579 e. The van der Waals surface area contributed by atoms with Crippen LogP contribution in [0.4, 0.5) is 5.69 Å². The molecule has 2 heteroatoms. The number of para-hydroxylation sites is 1. The zero-order valence-electron chi connectivity index (χ0n) is 13.0. The van der Waals surface area contributed by atoms with E-state index >= 15 is 0 Å². The Hall–Kier alpha value is -1.57. The van der Waals surface area contributed by atoms with Crippen LogP contribution in [-0.2, 0) is 0 Å². The number of rotatable bonds is 5. The van der Waals surface area contributed by atoms with Crippen LogP contribution >= 0.6 is 0 Å². The summed E-state index contributed by atoms with van der Waals surface area (Å²) in [7, 11) is 0. The summed E-state index contributed by atoms with van der Waals surface area (Å²) < 4.78 is 0. The third-order valence-electron chi connectivity index (χ3n) is 3.83. The molecule has 0 aromatic heterocycles. The van der Waals surface area contributed by atoms with Crippen LogP contribution in [0.15, 0.2) is 35.0 Å². The van der Waals surface area contributed by atoms with E-state index in [2.05, 4.69) is 50.4 Å². The molecule has 0 radical (unpaired) electrons. The maximum absolute atomic E-state index is 4.80. The Morgan fingerprint density at radius 2 is 1.95 bits per heavy atom. The summed E-state index contributed by atoms with van der Waals surface area (Å²) in [5.41, 5.74) is 6.31. The van der Waals surface area contributed by atoms with Crippen LogP contribution in [0.2, 0.25) is 0 Å². The van der Waals surface area contributed by atoms with Gasteiger partial charge >= 0.3 is 0 Å². The highest BCUT2D eigenvalue weighted by atomic mass is 14.9. The van der Waals surface area contributed by atoms with Gasteiger partial charge in [-0.25, -0.2) is 0 Å². The van der Waals surface area contributed by atoms with Gasteiger partial charge < -0.3 is 5.32 Å². The fourth-order valence-electron chi connectivity index (χ4n) is 2.57. The molecule has 0 saturated carbocycles. The second kappa shape index (κ2) is 7.28. The van der Waals surface area contributed by atoms with Crippen molar-refractivity contribution in [2.24, 2.45) is 4.99 Å². The molecule has 0 amide bonds. The number of hydrogen-bond donors (Lipinski definition) is 1. The summed E-state index contributed by atoms with van der Waals surface area (Å²) >= 11 is 0. The molecule has 1 N–H and O–H groups in total. The molecule has 0 spiro atoms. The fraction of sp³-hybridized carbons (Fsp3) is 0.500. The van der Waals surface area contributed by atoms with Crippen LogP contribution < -0.4 is 5.32 Å². The first-order chi connectivity index (χ1) is 9.72. The largest absolute Gasteiger partial charge is 0.354 e. The van der Waals surface area contributed by atoms with Gasteiger partial charge in [0.15, 0.2) is 0 Å². The number of anilines is 1. The van der Waals surface area contributed by atoms with Gasteiger partial charge in [0, 0.05) is 12.2 Å². The SMILES string of the molecule is CCCC/N=C1\CCCC=C1Nc1c(C)cccc1C. The van der Waals surface area contributed by atoms with Crippen LogP contribution in [0.25, 0.3) is 0 Å². The van der Waals surface area contributed by atoms with Crippen LogP contribution in [0.3, 0.4) is 0 Å². The van der Waals surface area contributed by atoms with E-state index in [1.54, 1.807) is 0 Å². The number of aliphatic imine (C=N–C) groups is 1. The van der Waals surface area contributed by atoms with E-state index in [4.69, 9.17) is 4.99 Å². The molecule has 1 aromatic rings. The molecule has 0 unspecified atom stereocenters. The zero-order chi connectivity index (χ0) is 14.4. The molecule has 1 aromatic carbocycles. The van der Waals surface area contributed by atoms with E-state index in [0.717, 1.165) is 19.4 Å². The highest BCUT2D eigenvalue weighted by Crippen LogP contribution is 2.24. The predicted molar refractivity (Wildman–Crippen MR) is 88.7 cm³/mol. The Kier molecular flexibility index (Phi) is 5.40. The van der Waals surface area contributed by atoms with Crippen LogP contribution in [0.1, 0.15) is 50.2 Å². The summed E-state index contributed by atoms with van der Waals surface area (Å²) in [5, 5.41) is 3.62. The predicted octanol–water partition coefficient (Wildman–Crippen LogP) is 5.02. The molecule has 0 heterocycles. The highest BCUT2D eigenvalue weighted by molar-refractivity contribution is 6.03. The molecular weight excluding hydrogens is 244 g/mol. The summed E-state index contributed by atoms with van der Waals surface area (Å²) in [5.74, 6) is 0. The lowest BCUT2D eigenvalue weighted by Gasteiger charge is -2.20. The Balaban J connectivity index is 2.17. The van der Waals surface area contributed by atoms with Crippen LogP contribution in [0.5, 0.6) is 0 Å². The zero-order valence-corrected chi connectivity index (χ0v) is 13.0. The van der Waals surface area contributed by atoms with Gasteiger partial charge in [0.1, 0.15) is 0 Å². The van der Waals surface area contributed by atoms with E-state index in [1.165, 1.54) is 47.5 Å². The van der Waals surface area contributed by atoms with Crippen molar-refractivity contribution in [1.82, 2.24) is 0 Å². The first-order valence-electron chi connectivity index (χ1n) is 7.79. The van der Waals surface area contributed by atoms with Gasteiger partial charge in [-0.2, -0.15) is 0 Å². The molecule has 0 fully saturated rings. The number of aryl methyl sites for hydroxylation is 2. The van der Waals surface area contributed by atoms with Gasteiger partial charge in [0.25, 0.3) is 0 Å². The number of nitrogens with one attached hydrogen (secondary N) is 1. The number of unbranched alkanes of at least 4 members (excludes halogenated alkanes) is 1. The minimum atomic E-state index is 0.956. The third-order valence-corrected chi connectivity index (χ3v) is 3.83. The Labute approximate surface area is 123 Å². The summed E-state index contributed by atoms with van der Waals surface area (Å²) in [6.07, 6.45) is 8.18. The monoisotopic (exact) mass is 270 g/mol. The lowest BCUT2D eigenvalue weighted by atomic mass is 10.0. The second-order valence-electron chi connectivity index (χ2n) is 5.58. The van der Waals surface area contributed by atoms with Crippen molar-refractivity contribution in [2.45, 2.75) is 52.9 Å². The minimum absolute atomic E-state index is 0.956. The maximum Gasteiger partial charge on any atom is 0.0579 e. The molecule has 0 aliphatic heterocycles. The summed E-state index contributed by atoms with van der Waals surface area (Å²) in [6.45, 7) is 7.49. The number of nitrogens with zero attached hydrogens (tertiary/aromatic N) is 1. The molecule has 20 heavy (non-hydrogen) atoms.